The highest BCUT2D eigenvalue weighted by Crippen LogP contribution is 2.26. The quantitative estimate of drug-likeness (QED) is 0.725. The largest absolute Gasteiger partial charge is 0.324 e. The van der Waals surface area contributed by atoms with Crippen molar-refractivity contribution in [2.75, 3.05) is 17.6 Å². The van der Waals surface area contributed by atoms with Crippen molar-refractivity contribution in [3.05, 3.63) is 59.1 Å². The number of thioether (sulfide) groups is 1. The van der Waals surface area contributed by atoms with Crippen molar-refractivity contribution in [1.29, 1.82) is 5.26 Å². The average Bonchev–Trinajstić information content (AvgIpc) is 2.59. The SMILES string of the molecule is C[C@@H](NCC(=O)Nc1ccccc1SCC#N)c1cccc(Cl)c1. The molecule has 0 bridgehead atoms. The van der Waals surface area contributed by atoms with Crippen molar-refractivity contribution < 1.29 is 4.79 Å². The van der Waals surface area contributed by atoms with E-state index in [1.165, 1.54) is 11.8 Å². The molecule has 0 aliphatic carbocycles. The lowest BCUT2D eigenvalue weighted by Gasteiger charge is -2.15. The second-order valence-electron chi connectivity index (χ2n) is 5.15. The molecule has 1 amide bonds. The molecule has 0 spiro atoms. The third kappa shape index (κ3) is 5.57. The van der Waals surface area contributed by atoms with Crippen molar-refractivity contribution in [2.45, 2.75) is 17.9 Å². The molecule has 0 heterocycles. The molecule has 2 aromatic rings. The van der Waals surface area contributed by atoms with Crippen LogP contribution in [0.4, 0.5) is 5.69 Å². The number of rotatable bonds is 7. The number of anilines is 1. The van der Waals surface area contributed by atoms with E-state index >= 15 is 0 Å². The standard InChI is InChI=1S/C18H18ClN3OS/c1-13(14-5-4-6-15(19)11-14)21-12-18(23)22-16-7-2-3-8-17(16)24-10-9-20/h2-8,11,13,21H,10,12H2,1H3,(H,22,23)/t13-/m1/s1. The molecule has 0 radical (unpaired) electrons. The van der Waals surface area contributed by atoms with Crippen LogP contribution < -0.4 is 10.6 Å². The number of halogens is 1. The number of nitrogens with one attached hydrogen (secondary N) is 2. The lowest BCUT2D eigenvalue weighted by atomic mass is 10.1. The van der Waals surface area contributed by atoms with E-state index in [2.05, 4.69) is 16.7 Å². The molecule has 124 valence electrons. The molecule has 0 aliphatic rings. The number of hydrogen-bond acceptors (Lipinski definition) is 4. The van der Waals surface area contributed by atoms with Gasteiger partial charge in [-0.05, 0) is 36.8 Å². The van der Waals surface area contributed by atoms with Crippen molar-refractivity contribution in [1.82, 2.24) is 5.32 Å². The van der Waals surface area contributed by atoms with Crippen LogP contribution in [0, 0.1) is 11.3 Å². The summed E-state index contributed by atoms with van der Waals surface area (Å²) >= 11 is 7.39. The minimum Gasteiger partial charge on any atom is -0.324 e. The molecule has 4 nitrogen and oxygen atoms in total. The lowest BCUT2D eigenvalue weighted by molar-refractivity contribution is -0.115. The highest BCUT2D eigenvalue weighted by atomic mass is 35.5. The van der Waals surface area contributed by atoms with E-state index in [9.17, 15) is 4.79 Å². The molecule has 1 atom stereocenters. The summed E-state index contributed by atoms with van der Waals surface area (Å²) < 4.78 is 0. The van der Waals surface area contributed by atoms with Gasteiger partial charge in [-0.15, -0.1) is 11.8 Å². The molecule has 0 aromatic heterocycles. The van der Waals surface area contributed by atoms with Gasteiger partial charge in [0, 0.05) is 16.0 Å². The number of nitrogens with zero attached hydrogens (tertiary/aromatic N) is 1. The van der Waals surface area contributed by atoms with E-state index in [1.807, 2.05) is 55.5 Å². The predicted octanol–water partition coefficient (Wildman–Crippen LogP) is 4.24. The van der Waals surface area contributed by atoms with E-state index < -0.39 is 0 Å². The summed E-state index contributed by atoms with van der Waals surface area (Å²) in [5.41, 5.74) is 1.75. The highest BCUT2D eigenvalue weighted by Gasteiger charge is 2.10. The zero-order valence-corrected chi connectivity index (χ0v) is 14.8. The number of benzene rings is 2. The van der Waals surface area contributed by atoms with Crippen LogP contribution in [0.15, 0.2) is 53.4 Å². The van der Waals surface area contributed by atoms with Gasteiger partial charge in [0.1, 0.15) is 0 Å². The van der Waals surface area contributed by atoms with Crippen molar-refractivity contribution >= 4 is 35.0 Å². The van der Waals surface area contributed by atoms with Crippen LogP contribution in [0.5, 0.6) is 0 Å². The maximum absolute atomic E-state index is 12.2. The molecule has 2 rings (SSSR count). The number of amides is 1. The van der Waals surface area contributed by atoms with Gasteiger partial charge in [0.05, 0.1) is 24.1 Å². The Morgan fingerprint density at radius 2 is 2.08 bits per heavy atom. The Labute approximate surface area is 151 Å². The van der Waals surface area contributed by atoms with Crippen molar-refractivity contribution in [2.24, 2.45) is 0 Å². The fourth-order valence-corrected chi connectivity index (χ4v) is 3.01. The van der Waals surface area contributed by atoms with Gasteiger partial charge in [0.25, 0.3) is 0 Å². The first-order valence-electron chi connectivity index (χ1n) is 7.47. The first-order chi connectivity index (χ1) is 11.6. The molecule has 2 N–H and O–H groups in total. The minimum atomic E-state index is -0.131. The summed E-state index contributed by atoms with van der Waals surface area (Å²) in [5, 5.41) is 15.4. The fraction of sp³-hybridized carbons (Fsp3) is 0.222. The lowest BCUT2D eigenvalue weighted by Crippen LogP contribution is -2.30. The molecular weight excluding hydrogens is 342 g/mol. The Hall–Kier alpha value is -2.00. The monoisotopic (exact) mass is 359 g/mol. The van der Waals surface area contributed by atoms with Crippen LogP contribution >= 0.6 is 23.4 Å². The highest BCUT2D eigenvalue weighted by molar-refractivity contribution is 7.99. The average molecular weight is 360 g/mol. The van der Waals surface area contributed by atoms with Crippen LogP contribution in [0.25, 0.3) is 0 Å². The van der Waals surface area contributed by atoms with Gasteiger partial charge in [-0.2, -0.15) is 5.26 Å². The Morgan fingerprint density at radius 3 is 2.83 bits per heavy atom. The molecule has 2 aromatic carbocycles. The van der Waals surface area contributed by atoms with Crippen LogP contribution in [0.2, 0.25) is 5.02 Å². The van der Waals surface area contributed by atoms with Crippen molar-refractivity contribution in [3.63, 3.8) is 0 Å². The topological polar surface area (TPSA) is 64.9 Å². The molecule has 0 unspecified atom stereocenters. The van der Waals surface area contributed by atoms with Crippen LogP contribution in [-0.4, -0.2) is 18.2 Å². The number of nitriles is 1. The molecular formula is C18H18ClN3OS. The summed E-state index contributed by atoms with van der Waals surface area (Å²) in [6, 6.07) is 17.1. The fourth-order valence-electron chi connectivity index (χ4n) is 2.14. The zero-order chi connectivity index (χ0) is 17.4. The van der Waals surface area contributed by atoms with Crippen LogP contribution in [0.3, 0.4) is 0 Å². The predicted molar refractivity (Wildman–Crippen MR) is 99.3 cm³/mol. The van der Waals surface area contributed by atoms with Gasteiger partial charge in [-0.1, -0.05) is 35.9 Å². The van der Waals surface area contributed by atoms with E-state index in [0.717, 1.165) is 16.1 Å². The third-order valence-electron chi connectivity index (χ3n) is 3.37. The Balaban J connectivity index is 1.91. The zero-order valence-electron chi connectivity index (χ0n) is 13.3. The maximum atomic E-state index is 12.2. The first kappa shape index (κ1) is 18.3. The smallest absolute Gasteiger partial charge is 0.238 e. The molecule has 0 saturated carbocycles. The molecule has 0 saturated heterocycles. The molecule has 6 heteroatoms. The van der Waals surface area contributed by atoms with E-state index in [0.29, 0.717) is 10.8 Å². The van der Waals surface area contributed by atoms with E-state index in [4.69, 9.17) is 16.9 Å². The second kappa shape index (κ2) is 9.33. The van der Waals surface area contributed by atoms with E-state index in [-0.39, 0.29) is 18.5 Å². The van der Waals surface area contributed by atoms with Gasteiger partial charge in [0.2, 0.25) is 5.91 Å². The summed E-state index contributed by atoms with van der Waals surface area (Å²) in [6.45, 7) is 2.17. The summed E-state index contributed by atoms with van der Waals surface area (Å²) in [5.74, 6) is 0.214. The number of para-hydroxylation sites is 1. The Morgan fingerprint density at radius 1 is 1.29 bits per heavy atom. The van der Waals surface area contributed by atoms with Gasteiger partial charge < -0.3 is 10.6 Å². The van der Waals surface area contributed by atoms with Gasteiger partial charge in [-0.25, -0.2) is 0 Å². The summed E-state index contributed by atoms with van der Waals surface area (Å²) in [7, 11) is 0. The maximum Gasteiger partial charge on any atom is 0.238 e. The summed E-state index contributed by atoms with van der Waals surface area (Å²) in [6.07, 6.45) is 0. The normalized spacial score (nSPS) is 11.5. The number of hydrogen-bond donors (Lipinski definition) is 2. The van der Waals surface area contributed by atoms with Crippen molar-refractivity contribution in [3.8, 4) is 6.07 Å². The number of carbonyl (C=O) groups is 1. The first-order valence-corrected chi connectivity index (χ1v) is 8.84. The van der Waals surface area contributed by atoms with Crippen LogP contribution in [0.1, 0.15) is 18.5 Å². The van der Waals surface area contributed by atoms with Gasteiger partial charge in [-0.3, -0.25) is 4.79 Å². The Bertz CT molecular complexity index is 745. The van der Waals surface area contributed by atoms with E-state index in [1.54, 1.807) is 0 Å². The molecule has 0 fully saturated rings. The Kier molecular flexibility index (Phi) is 7.13. The van der Waals surface area contributed by atoms with Crippen LogP contribution in [-0.2, 0) is 4.79 Å². The second-order valence-corrected chi connectivity index (χ2v) is 6.60. The summed E-state index contributed by atoms with van der Waals surface area (Å²) in [4.78, 5) is 13.1. The minimum absolute atomic E-state index is 0.0117. The van der Waals surface area contributed by atoms with Gasteiger partial charge >= 0.3 is 0 Å². The number of carbonyl (C=O) groups excluding carboxylic acids is 1. The van der Waals surface area contributed by atoms with Gasteiger partial charge in [0.15, 0.2) is 0 Å². The third-order valence-corrected chi connectivity index (χ3v) is 4.55. The molecule has 24 heavy (non-hydrogen) atoms. The molecule has 0 aliphatic heterocycles.